The molecule has 1 aliphatic carbocycles. The Morgan fingerprint density at radius 3 is 2.54 bits per heavy atom. The van der Waals surface area contributed by atoms with E-state index in [0.29, 0.717) is 12.5 Å². The third-order valence-electron chi connectivity index (χ3n) is 4.75. The molecule has 0 amide bonds. The fourth-order valence-electron chi connectivity index (χ4n) is 2.97. The summed E-state index contributed by atoms with van der Waals surface area (Å²) in [5.74, 6) is 0.715. The van der Waals surface area contributed by atoms with E-state index in [1.807, 2.05) is 13.8 Å². The van der Waals surface area contributed by atoms with Crippen LogP contribution in [0.25, 0.3) is 0 Å². The van der Waals surface area contributed by atoms with Gasteiger partial charge in [-0.25, -0.2) is 0 Å². The minimum atomic E-state index is -4.31. The molecule has 0 heterocycles. The molecule has 1 aromatic carbocycles. The van der Waals surface area contributed by atoms with Gasteiger partial charge in [-0.3, -0.25) is 4.99 Å². The quantitative estimate of drug-likeness (QED) is 0.206. The number of guanidine groups is 1. The van der Waals surface area contributed by atoms with Crippen LogP contribution in [0.1, 0.15) is 50.7 Å². The molecule has 28 heavy (non-hydrogen) atoms. The molecule has 1 fully saturated rings. The van der Waals surface area contributed by atoms with E-state index in [-0.39, 0.29) is 29.4 Å². The normalized spacial score (nSPS) is 15.7. The van der Waals surface area contributed by atoms with Gasteiger partial charge in [-0.1, -0.05) is 18.2 Å². The summed E-state index contributed by atoms with van der Waals surface area (Å²) in [6.45, 7) is 7.47. The van der Waals surface area contributed by atoms with Crippen LogP contribution in [0.5, 0.6) is 0 Å². The molecule has 1 aromatic rings. The third kappa shape index (κ3) is 7.77. The summed E-state index contributed by atoms with van der Waals surface area (Å²) in [5, 5.41) is 6.49. The predicted molar refractivity (Wildman–Crippen MR) is 117 cm³/mol. The lowest BCUT2D eigenvalue weighted by Gasteiger charge is -2.17. The van der Waals surface area contributed by atoms with Crippen LogP contribution < -0.4 is 10.6 Å². The van der Waals surface area contributed by atoms with Gasteiger partial charge >= 0.3 is 6.18 Å². The first kappa shape index (κ1) is 25.0. The second kappa shape index (κ2) is 11.8. The van der Waals surface area contributed by atoms with Crippen molar-refractivity contribution in [3.63, 3.8) is 0 Å². The first-order valence-corrected chi connectivity index (χ1v) is 9.69. The van der Waals surface area contributed by atoms with Gasteiger partial charge in [0.1, 0.15) is 0 Å². The Labute approximate surface area is 182 Å². The summed E-state index contributed by atoms with van der Waals surface area (Å²) in [4.78, 5) is 4.63. The molecule has 0 atom stereocenters. The van der Waals surface area contributed by atoms with E-state index in [1.54, 1.807) is 6.07 Å². The summed E-state index contributed by atoms with van der Waals surface area (Å²) in [5.41, 5.74) is -0.123. The average Bonchev–Trinajstić information content (AvgIpc) is 3.43. The SMILES string of the molecule is CCNC(=NCC1(c2cccc(C(F)(F)F)c2)CC1)NCCCCOCC.I. The van der Waals surface area contributed by atoms with Crippen molar-refractivity contribution in [2.75, 3.05) is 32.8 Å². The van der Waals surface area contributed by atoms with Gasteiger partial charge < -0.3 is 15.4 Å². The van der Waals surface area contributed by atoms with E-state index >= 15 is 0 Å². The highest BCUT2D eigenvalue weighted by Crippen LogP contribution is 2.49. The van der Waals surface area contributed by atoms with Crippen molar-refractivity contribution >= 4 is 29.9 Å². The molecule has 0 bridgehead atoms. The average molecular weight is 513 g/mol. The van der Waals surface area contributed by atoms with Crippen LogP contribution in [0, 0.1) is 0 Å². The van der Waals surface area contributed by atoms with Crippen LogP contribution in [0.3, 0.4) is 0 Å². The van der Waals surface area contributed by atoms with Crippen molar-refractivity contribution in [1.82, 2.24) is 10.6 Å². The Balaban J connectivity index is 0.00000392. The van der Waals surface area contributed by atoms with Crippen molar-refractivity contribution in [3.8, 4) is 0 Å². The Bertz CT molecular complexity index is 619. The molecule has 160 valence electrons. The Hall–Kier alpha value is -1.03. The van der Waals surface area contributed by atoms with E-state index in [0.717, 1.165) is 63.6 Å². The van der Waals surface area contributed by atoms with Gasteiger partial charge in [0.2, 0.25) is 0 Å². The van der Waals surface area contributed by atoms with E-state index in [1.165, 1.54) is 12.1 Å². The second-order valence-corrected chi connectivity index (χ2v) is 6.88. The van der Waals surface area contributed by atoms with Gasteiger partial charge in [0.25, 0.3) is 0 Å². The fourth-order valence-corrected chi connectivity index (χ4v) is 2.97. The lowest BCUT2D eigenvalue weighted by atomic mass is 9.94. The van der Waals surface area contributed by atoms with E-state index in [9.17, 15) is 13.2 Å². The number of benzene rings is 1. The summed E-state index contributed by atoms with van der Waals surface area (Å²) in [6.07, 6.45) is -0.623. The maximum Gasteiger partial charge on any atom is 0.416 e. The van der Waals surface area contributed by atoms with Crippen molar-refractivity contribution in [1.29, 1.82) is 0 Å². The van der Waals surface area contributed by atoms with E-state index < -0.39 is 11.7 Å². The molecule has 1 aliphatic rings. The van der Waals surface area contributed by atoms with Crippen molar-refractivity contribution < 1.29 is 17.9 Å². The first-order chi connectivity index (χ1) is 12.9. The topological polar surface area (TPSA) is 45.7 Å². The molecule has 0 saturated heterocycles. The van der Waals surface area contributed by atoms with Crippen LogP contribution >= 0.6 is 24.0 Å². The van der Waals surface area contributed by atoms with Crippen molar-refractivity contribution in [2.24, 2.45) is 4.99 Å². The number of rotatable bonds is 10. The van der Waals surface area contributed by atoms with E-state index in [4.69, 9.17) is 4.74 Å². The smallest absolute Gasteiger partial charge is 0.382 e. The van der Waals surface area contributed by atoms with Crippen molar-refractivity contribution in [3.05, 3.63) is 35.4 Å². The molecule has 2 rings (SSSR count). The van der Waals surface area contributed by atoms with Crippen LogP contribution in [0.2, 0.25) is 0 Å². The zero-order chi connectivity index (χ0) is 19.8. The molecule has 4 nitrogen and oxygen atoms in total. The zero-order valence-electron chi connectivity index (χ0n) is 16.6. The summed E-state index contributed by atoms with van der Waals surface area (Å²) in [7, 11) is 0. The minimum Gasteiger partial charge on any atom is -0.382 e. The van der Waals surface area contributed by atoms with Gasteiger partial charge in [0.15, 0.2) is 5.96 Å². The maximum absolute atomic E-state index is 13.0. The molecule has 0 spiro atoms. The fraction of sp³-hybridized carbons (Fsp3) is 0.650. The number of ether oxygens (including phenoxy) is 1. The number of alkyl halides is 3. The molecule has 2 N–H and O–H groups in total. The minimum absolute atomic E-state index is 0. The van der Waals surface area contributed by atoms with Gasteiger partial charge in [0.05, 0.1) is 12.1 Å². The highest BCUT2D eigenvalue weighted by Gasteiger charge is 2.45. The first-order valence-electron chi connectivity index (χ1n) is 9.69. The highest BCUT2D eigenvalue weighted by molar-refractivity contribution is 14.0. The maximum atomic E-state index is 13.0. The van der Waals surface area contributed by atoms with Gasteiger partial charge in [0, 0.05) is 31.7 Å². The number of unbranched alkanes of at least 4 members (excludes halogenated alkanes) is 1. The number of halogens is 4. The number of hydrogen-bond donors (Lipinski definition) is 2. The molecule has 0 aliphatic heterocycles. The summed E-state index contributed by atoms with van der Waals surface area (Å²) < 4.78 is 44.3. The molecule has 8 heteroatoms. The van der Waals surface area contributed by atoms with Crippen molar-refractivity contribution in [2.45, 2.75) is 51.1 Å². The largest absolute Gasteiger partial charge is 0.416 e. The monoisotopic (exact) mass is 513 g/mol. The van der Waals surface area contributed by atoms with E-state index in [2.05, 4.69) is 15.6 Å². The number of nitrogens with one attached hydrogen (secondary N) is 2. The van der Waals surface area contributed by atoms with Crippen LogP contribution in [-0.2, 0) is 16.3 Å². The standard InChI is InChI=1S/C20H30F3N3O.HI/c1-3-24-18(25-12-5-6-13-27-4-2)26-15-19(10-11-19)16-8-7-9-17(14-16)20(21,22)23;/h7-9,14H,3-6,10-13,15H2,1-2H3,(H2,24,25,26);1H. The zero-order valence-corrected chi connectivity index (χ0v) is 18.9. The lowest BCUT2D eigenvalue weighted by Crippen LogP contribution is -2.38. The van der Waals surface area contributed by atoms with Crippen LogP contribution in [0.15, 0.2) is 29.3 Å². The molecule has 0 aromatic heterocycles. The highest BCUT2D eigenvalue weighted by atomic mass is 127. The predicted octanol–water partition coefficient (Wildman–Crippen LogP) is 4.73. The van der Waals surface area contributed by atoms with Crippen LogP contribution in [-0.4, -0.2) is 38.8 Å². The molecule has 0 radical (unpaired) electrons. The Morgan fingerprint density at radius 2 is 1.93 bits per heavy atom. The van der Waals surface area contributed by atoms with Gasteiger partial charge in [-0.2, -0.15) is 13.2 Å². The number of nitrogens with zero attached hydrogens (tertiary/aromatic N) is 1. The van der Waals surface area contributed by atoms with Crippen LogP contribution in [0.4, 0.5) is 13.2 Å². The number of hydrogen-bond acceptors (Lipinski definition) is 2. The third-order valence-corrected chi connectivity index (χ3v) is 4.75. The molecular formula is C20H31F3IN3O. The van der Waals surface area contributed by atoms with Gasteiger partial charge in [-0.05, 0) is 51.2 Å². The second-order valence-electron chi connectivity index (χ2n) is 6.88. The van der Waals surface area contributed by atoms with Gasteiger partial charge in [-0.15, -0.1) is 24.0 Å². The number of aliphatic imine (C=N–C) groups is 1. The molecule has 0 unspecified atom stereocenters. The summed E-state index contributed by atoms with van der Waals surface area (Å²) in [6, 6.07) is 5.67. The molecule has 1 saturated carbocycles. The Kier molecular flexibility index (Phi) is 10.6. The Morgan fingerprint density at radius 1 is 1.18 bits per heavy atom. The summed E-state index contributed by atoms with van der Waals surface area (Å²) >= 11 is 0. The molecular weight excluding hydrogens is 482 g/mol. The lowest BCUT2D eigenvalue weighted by molar-refractivity contribution is -0.137.